The van der Waals surface area contributed by atoms with Gasteiger partial charge >= 0.3 is 0 Å². The molecular weight excluding hydrogens is 212 g/mol. The quantitative estimate of drug-likeness (QED) is 0.676. The van der Waals surface area contributed by atoms with Crippen LogP contribution >= 0.6 is 0 Å². The summed E-state index contributed by atoms with van der Waals surface area (Å²) < 4.78 is 0. The highest BCUT2D eigenvalue weighted by Gasteiger charge is 2.12. The number of aromatic nitrogens is 2. The van der Waals surface area contributed by atoms with Gasteiger partial charge in [-0.05, 0) is 10.8 Å². The van der Waals surface area contributed by atoms with Crippen molar-refractivity contribution >= 4 is 16.6 Å². The molecule has 0 atom stereocenters. The molecule has 0 saturated carbocycles. The minimum absolute atomic E-state index is 0.0597. The molecule has 1 radical (unpaired) electrons. The Morgan fingerprint density at radius 3 is 2.76 bits per heavy atom. The number of carbonyl (C=O) groups is 1. The van der Waals surface area contributed by atoms with Crippen LogP contribution in [0.4, 0.5) is 0 Å². The first-order chi connectivity index (χ1) is 8.36. The van der Waals surface area contributed by atoms with Gasteiger partial charge in [-0.25, -0.2) is 0 Å². The Kier molecular flexibility index (Phi) is 2.22. The highest BCUT2D eigenvalue weighted by molar-refractivity contribution is 6.16. The monoisotopic (exact) mass is 221 g/mol. The molecule has 0 amide bonds. The van der Waals surface area contributed by atoms with E-state index >= 15 is 0 Å². The Morgan fingerprint density at radius 1 is 1.12 bits per heavy atom. The van der Waals surface area contributed by atoms with Gasteiger partial charge < -0.3 is 0 Å². The van der Waals surface area contributed by atoms with Crippen molar-refractivity contribution in [1.82, 2.24) is 10.2 Å². The largest absolute Gasteiger partial charge is 0.288 e. The van der Waals surface area contributed by atoms with Crippen LogP contribution in [0, 0.1) is 6.20 Å². The van der Waals surface area contributed by atoms with E-state index in [1.807, 2.05) is 42.5 Å². The molecule has 17 heavy (non-hydrogen) atoms. The third-order valence-corrected chi connectivity index (χ3v) is 2.73. The predicted molar refractivity (Wildman–Crippen MR) is 64.8 cm³/mol. The van der Waals surface area contributed by atoms with Crippen LogP contribution in [0.15, 0.2) is 48.7 Å². The highest BCUT2D eigenvalue weighted by Crippen LogP contribution is 2.20. The second kappa shape index (κ2) is 3.87. The lowest BCUT2D eigenvalue weighted by molar-refractivity contribution is 0.104. The fraction of sp³-hybridized carbons (Fsp3) is 0. The molecule has 0 saturated heterocycles. The molecule has 3 nitrogen and oxygen atoms in total. The van der Waals surface area contributed by atoms with Gasteiger partial charge in [0, 0.05) is 11.8 Å². The first kappa shape index (κ1) is 9.78. The summed E-state index contributed by atoms with van der Waals surface area (Å²) in [7, 11) is 0. The number of aromatic amines is 1. The number of benzene rings is 2. The summed E-state index contributed by atoms with van der Waals surface area (Å²) >= 11 is 0. The second-order valence-corrected chi connectivity index (χ2v) is 3.77. The van der Waals surface area contributed by atoms with E-state index in [0.29, 0.717) is 11.1 Å². The Labute approximate surface area is 98.1 Å². The van der Waals surface area contributed by atoms with Crippen molar-refractivity contribution in [2.75, 3.05) is 0 Å². The lowest BCUT2D eigenvalue weighted by Crippen LogP contribution is -2.00. The summed E-state index contributed by atoms with van der Waals surface area (Å²) in [6.45, 7) is 0. The standard InChI is InChI=1S/C14H9N2O/c17-14(11-8-15-16-9-11)13-7-3-5-10-4-1-2-6-12(10)13/h1-8H,(H,15,16). The lowest BCUT2D eigenvalue weighted by atomic mass is 9.99. The van der Waals surface area contributed by atoms with E-state index in [4.69, 9.17) is 0 Å². The Bertz CT molecular complexity index is 666. The van der Waals surface area contributed by atoms with Crippen LogP contribution in [0.5, 0.6) is 0 Å². The molecule has 1 heterocycles. The summed E-state index contributed by atoms with van der Waals surface area (Å²) in [5.41, 5.74) is 1.14. The summed E-state index contributed by atoms with van der Waals surface area (Å²) in [4.78, 5) is 12.2. The summed E-state index contributed by atoms with van der Waals surface area (Å²) in [5.74, 6) is -0.0597. The number of nitrogens with zero attached hydrogens (tertiary/aromatic N) is 1. The van der Waals surface area contributed by atoms with Crippen LogP contribution in [-0.4, -0.2) is 16.0 Å². The van der Waals surface area contributed by atoms with Crippen molar-refractivity contribution in [2.24, 2.45) is 0 Å². The topological polar surface area (TPSA) is 45.8 Å². The van der Waals surface area contributed by atoms with E-state index in [1.54, 1.807) is 6.20 Å². The number of rotatable bonds is 2. The Morgan fingerprint density at radius 2 is 1.94 bits per heavy atom. The number of nitrogens with one attached hydrogen (secondary N) is 1. The van der Waals surface area contributed by atoms with Crippen LogP contribution in [0.25, 0.3) is 10.8 Å². The van der Waals surface area contributed by atoms with Gasteiger partial charge in [-0.1, -0.05) is 42.5 Å². The molecule has 0 fully saturated rings. The van der Waals surface area contributed by atoms with E-state index < -0.39 is 0 Å². The molecule has 1 N–H and O–H groups in total. The fourth-order valence-electron chi connectivity index (χ4n) is 1.91. The molecule has 3 rings (SSSR count). The normalized spacial score (nSPS) is 10.6. The molecule has 81 valence electrons. The maximum atomic E-state index is 12.2. The zero-order valence-electron chi connectivity index (χ0n) is 8.97. The number of fused-ring (bicyclic) bond motifs is 1. The molecule has 2 aromatic carbocycles. The van der Waals surface area contributed by atoms with Gasteiger partial charge in [0.15, 0.2) is 5.78 Å². The highest BCUT2D eigenvalue weighted by atomic mass is 16.1. The average Bonchev–Trinajstić information content (AvgIpc) is 2.91. The van der Waals surface area contributed by atoms with Crippen molar-refractivity contribution in [3.63, 3.8) is 0 Å². The van der Waals surface area contributed by atoms with Crippen molar-refractivity contribution in [3.05, 3.63) is 66.0 Å². The molecule has 0 aliphatic rings. The third-order valence-electron chi connectivity index (χ3n) is 2.73. The Balaban J connectivity index is 2.21. The molecule has 0 aliphatic carbocycles. The lowest BCUT2D eigenvalue weighted by Gasteiger charge is -2.03. The molecule has 0 spiro atoms. The fourth-order valence-corrected chi connectivity index (χ4v) is 1.91. The molecule has 0 bridgehead atoms. The number of ketones is 1. The van der Waals surface area contributed by atoms with Crippen LogP contribution < -0.4 is 0 Å². The average molecular weight is 221 g/mol. The smallest absolute Gasteiger partial charge is 0.197 e. The molecule has 0 unspecified atom stereocenters. The van der Waals surface area contributed by atoms with E-state index in [1.165, 1.54) is 0 Å². The van der Waals surface area contributed by atoms with E-state index in [2.05, 4.69) is 16.4 Å². The van der Waals surface area contributed by atoms with Crippen LogP contribution in [0.3, 0.4) is 0 Å². The number of hydrogen-bond acceptors (Lipinski definition) is 2. The number of H-pyrrole nitrogens is 1. The zero-order valence-corrected chi connectivity index (χ0v) is 8.97. The van der Waals surface area contributed by atoms with E-state index in [-0.39, 0.29) is 5.78 Å². The second-order valence-electron chi connectivity index (χ2n) is 3.77. The van der Waals surface area contributed by atoms with Gasteiger partial charge in [-0.15, -0.1) is 0 Å². The van der Waals surface area contributed by atoms with Crippen molar-refractivity contribution in [2.45, 2.75) is 0 Å². The summed E-state index contributed by atoms with van der Waals surface area (Å²) in [6.07, 6.45) is 4.20. The molecule has 1 aromatic heterocycles. The van der Waals surface area contributed by atoms with Gasteiger partial charge in [-0.3, -0.25) is 9.89 Å². The summed E-state index contributed by atoms with van der Waals surface area (Å²) in [5, 5.41) is 8.29. The SMILES string of the molecule is O=C(c1[c]n[nH]c1)c1cccc2ccccc12. The first-order valence-electron chi connectivity index (χ1n) is 5.30. The molecule has 3 heteroatoms. The van der Waals surface area contributed by atoms with Crippen molar-refractivity contribution in [1.29, 1.82) is 0 Å². The van der Waals surface area contributed by atoms with Gasteiger partial charge in [0.05, 0.1) is 5.56 Å². The zero-order chi connectivity index (χ0) is 11.7. The third kappa shape index (κ3) is 1.61. The molecular formula is C14H9N2O. The number of carbonyl (C=O) groups excluding carboxylic acids is 1. The van der Waals surface area contributed by atoms with E-state index in [0.717, 1.165) is 10.8 Å². The number of hydrogen-bond donors (Lipinski definition) is 1. The molecule has 0 aliphatic heterocycles. The van der Waals surface area contributed by atoms with Gasteiger partial charge in [0.25, 0.3) is 0 Å². The van der Waals surface area contributed by atoms with Crippen molar-refractivity contribution in [3.8, 4) is 0 Å². The first-order valence-corrected chi connectivity index (χ1v) is 5.30. The Hall–Kier alpha value is -2.42. The maximum Gasteiger partial charge on any atom is 0.197 e. The predicted octanol–water partition coefficient (Wildman–Crippen LogP) is 2.59. The minimum atomic E-state index is -0.0597. The van der Waals surface area contributed by atoms with Crippen molar-refractivity contribution < 1.29 is 4.79 Å². The van der Waals surface area contributed by atoms with Crippen LogP contribution in [0.2, 0.25) is 0 Å². The van der Waals surface area contributed by atoms with Gasteiger partial charge in [0.1, 0.15) is 6.20 Å². The van der Waals surface area contributed by atoms with Crippen LogP contribution in [0.1, 0.15) is 15.9 Å². The van der Waals surface area contributed by atoms with Crippen LogP contribution in [-0.2, 0) is 0 Å². The van der Waals surface area contributed by atoms with E-state index in [9.17, 15) is 4.79 Å². The van der Waals surface area contributed by atoms with Gasteiger partial charge in [0.2, 0.25) is 0 Å². The van der Waals surface area contributed by atoms with Gasteiger partial charge in [-0.2, -0.15) is 5.10 Å². The maximum absolute atomic E-state index is 12.2. The minimum Gasteiger partial charge on any atom is -0.288 e. The molecule has 3 aromatic rings. The summed E-state index contributed by atoms with van der Waals surface area (Å²) in [6, 6.07) is 13.5.